The van der Waals surface area contributed by atoms with Crippen LogP contribution in [-0.4, -0.2) is 73.0 Å². The van der Waals surface area contributed by atoms with E-state index >= 15 is 4.39 Å². The molecule has 6 rings (SSSR count). The zero-order valence-corrected chi connectivity index (χ0v) is 25.6. The minimum Gasteiger partial charge on any atom is -0.476 e. The number of aromatic amines is 1. The second kappa shape index (κ2) is 14.5. The SMILES string of the molecule is Cl.O=C(Cc1ccc(Oc2ccnc3[nH]nc(OCC4CCN(C(=O)CO)CC4)c23)c(F)c1)c1ccnn(-c2ccc(F)cc2)c1=O. The molecule has 0 unspecified atom stereocenters. The number of ketones is 1. The molecule has 0 atom stereocenters. The molecular weight excluding hydrogens is 638 g/mol. The highest BCUT2D eigenvalue weighted by Gasteiger charge is 2.24. The third-order valence-electron chi connectivity index (χ3n) is 7.75. The van der Waals surface area contributed by atoms with Gasteiger partial charge in [-0.3, -0.25) is 19.5 Å². The molecule has 0 radical (unpaired) electrons. The maximum Gasteiger partial charge on any atom is 0.282 e. The minimum absolute atomic E-state index is 0. The van der Waals surface area contributed by atoms with Gasteiger partial charge in [-0.05, 0) is 66.8 Å². The Bertz CT molecular complexity index is 1960. The number of aliphatic hydroxyl groups excluding tert-OH is 1. The van der Waals surface area contributed by atoms with Crippen molar-refractivity contribution in [2.24, 2.45) is 5.92 Å². The number of carbonyl (C=O) groups is 2. The van der Waals surface area contributed by atoms with Crippen molar-refractivity contribution in [3.8, 4) is 23.1 Å². The predicted octanol–water partition coefficient (Wildman–Crippen LogP) is 4.03. The summed E-state index contributed by atoms with van der Waals surface area (Å²) in [6.45, 7) is 0.884. The van der Waals surface area contributed by atoms with E-state index < -0.39 is 29.6 Å². The van der Waals surface area contributed by atoms with Crippen molar-refractivity contribution in [1.29, 1.82) is 0 Å². The van der Waals surface area contributed by atoms with Crippen LogP contribution in [0.25, 0.3) is 16.7 Å². The molecular formula is C32H29ClF2N6O6. The first-order chi connectivity index (χ1) is 22.3. The number of benzene rings is 2. The van der Waals surface area contributed by atoms with Gasteiger partial charge in [-0.25, -0.2) is 13.8 Å². The van der Waals surface area contributed by atoms with Gasteiger partial charge in [0.25, 0.3) is 5.56 Å². The van der Waals surface area contributed by atoms with Gasteiger partial charge in [-0.1, -0.05) is 6.07 Å². The van der Waals surface area contributed by atoms with Gasteiger partial charge < -0.3 is 19.5 Å². The zero-order chi connectivity index (χ0) is 32.2. The van der Waals surface area contributed by atoms with Crippen LogP contribution < -0.4 is 15.0 Å². The van der Waals surface area contributed by atoms with Crippen molar-refractivity contribution < 1.29 is 33.0 Å². The third kappa shape index (κ3) is 7.28. The normalized spacial score (nSPS) is 13.3. The molecule has 2 aromatic carbocycles. The summed E-state index contributed by atoms with van der Waals surface area (Å²) in [6.07, 6.45) is 3.93. The minimum atomic E-state index is -0.733. The van der Waals surface area contributed by atoms with E-state index in [0.29, 0.717) is 54.8 Å². The molecule has 3 aromatic heterocycles. The van der Waals surface area contributed by atoms with Crippen LogP contribution >= 0.6 is 12.4 Å². The van der Waals surface area contributed by atoms with Crippen LogP contribution in [0.5, 0.6) is 17.4 Å². The number of halogens is 3. The average Bonchev–Trinajstić information content (AvgIpc) is 3.49. The van der Waals surface area contributed by atoms with Crippen molar-refractivity contribution >= 4 is 35.1 Å². The van der Waals surface area contributed by atoms with Gasteiger partial charge in [-0.2, -0.15) is 9.78 Å². The highest BCUT2D eigenvalue weighted by Crippen LogP contribution is 2.35. The molecule has 5 aromatic rings. The van der Waals surface area contributed by atoms with Crippen LogP contribution in [0.15, 0.2) is 71.8 Å². The fraction of sp³-hybridized carbons (Fsp3) is 0.250. The number of fused-ring (bicyclic) bond motifs is 1. The Morgan fingerprint density at radius 2 is 1.77 bits per heavy atom. The first-order valence-electron chi connectivity index (χ1n) is 14.5. The van der Waals surface area contributed by atoms with E-state index in [1.807, 2.05) is 0 Å². The Labute approximate surface area is 272 Å². The Morgan fingerprint density at radius 1 is 1.00 bits per heavy atom. The van der Waals surface area contributed by atoms with Crippen LogP contribution in [0, 0.1) is 17.6 Å². The van der Waals surface area contributed by atoms with Gasteiger partial charge >= 0.3 is 0 Å². The molecule has 0 spiro atoms. The fourth-order valence-corrected chi connectivity index (χ4v) is 5.26. The van der Waals surface area contributed by atoms with Crippen molar-refractivity contribution in [2.75, 3.05) is 26.3 Å². The van der Waals surface area contributed by atoms with Gasteiger partial charge in [0.2, 0.25) is 11.8 Å². The van der Waals surface area contributed by atoms with E-state index in [4.69, 9.17) is 14.6 Å². The first-order valence-corrected chi connectivity index (χ1v) is 14.5. The molecule has 15 heteroatoms. The molecule has 1 aliphatic rings. The Morgan fingerprint density at radius 3 is 2.49 bits per heavy atom. The molecule has 0 saturated carbocycles. The number of nitrogens with one attached hydrogen (secondary N) is 1. The number of aliphatic hydroxyl groups is 1. The van der Waals surface area contributed by atoms with Gasteiger partial charge in [0.1, 0.15) is 23.6 Å². The Hall–Kier alpha value is -5.21. The van der Waals surface area contributed by atoms with Gasteiger partial charge in [0, 0.05) is 38.0 Å². The number of rotatable bonds is 10. The molecule has 47 heavy (non-hydrogen) atoms. The summed E-state index contributed by atoms with van der Waals surface area (Å²) < 4.78 is 41.5. The summed E-state index contributed by atoms with van der Waals surface area (Å²) in [6, 6.07) is 12.0. The van der Waals surface area contributed by atoms with Gasteiger partial charge in [-0.15, -0.1) is 17.5 Å². The maximum atomic E-state index is 15.3. The number of aromatic nitrogens is 5. The summed E-state index contributed by atoms with van der Waals surface area (Å²) in [7, 11) is 0. The molecule has 244 valence electrons. The van der Waals surface area contributed by atoms with E-state index in [9.17, 15) is 18.8 Å². The van der Waals surface area contributed by atoms with E-state index in [1.165, 1.54) is 54.9 Å². The molecule has 1 amide bonds. The number of carbonyl (C=O) groups excluding carboxylic acids is 2. The van der Waals surface area contributed by atoms with Gasteiger partial charge in [0.05, 0.1) is 17.9 Å². The average molecular weight is 667 g/mol. The highest BCUT2D eigenvalue weighted by molar-refractivity contribution is 5.97. The molecule has 4 heterocycles. The monoisotopic (exact) mass is 666 g/mol. The lowest BCUT2D eigenvalue weighted by atomic mass is 9.98. The molecule has 1 saturated heterocycles. The molecule has 1 aliphatic heterocycles. The number of piperidine rings is 1. The van der Waals surface area contributed by atoms with E-state index in [-0.39, 0.29) is 53.6 Å². The summed E-state index contributed by atoms with van der Waals surface area (Å²) >= 11 is 0. The number of hydrogen-bond donors (Lipinski definition) is 2. The van der Waals surface area contributed by atoms with E-state index in [0.717, 1.165) is 10.7 Å². The topological polar surface area (TPSA) is 153 Å². The van der Waals surface area contributed by atoms with Crippen LogP contribution in [0.2, 0.25) is 0 Å². The van der Waals surface area contributed by atoms with Crippen molar-refractivity contribution in [3.05, 3.63) is 100 Å². The fourth-order valence-electron chi connectivity index (χ4n) is 5.26. The predicted molar refractivity (Wildman–Crippen MR) is 167 cm³/mol. The summed E-state index contributed by atoms with van der Waals surface area (Å²) in [5.74, 6) is -1.51. The second-order valence-electron chi connectivity index (χ2n) is 10.8. The molecule has 0 bridgehead atoms. The summed E-state index contributed by atoms with van der Waals surface area (Å²) in [5, 5.41) is 20.5. The lowest BCUT2D eigenvalue weighted by Crippen LogP contribution is -2.41. The Balaban J connectivity index is 0.00000433. The number of pyridine rings is 1. The maximum absolute atomic E-state index is 15.3. The van der Waals surface area contributed by atoms with Crippen LogP contribution in [0.3, 0.4) is 0 Å². The zero-order valence-electron chi connectivity index (χ0n) is 24.8. The third-order valence-corrected chi connectivity index (χ3v) is 7.75. The largest absolute Gasteiger partial charge is 0.476 e. The highest BCUT2D eigenvalue weighted by atomic mass is 35.5. The Kier molecular flexibility index (Phi) is 10.2. The number of H-pyrrole nitrogens is 1. The van der Waals surface area contributed by atoms with Crippen molar-refractivity contribution in [3.63, 3.8) is 0 Å². The number of likely N-dealkylation sites (tertiary alicyclic amines) is 1. The lowest BCUT2D eigenvalue weighted by molar-refractivity contribution is -0.135. The summed E-state index contributed by atoms with van der Waals surface area (Å²) in [4.78, 5) is 43.6. The molecule has 1 fully saturated rings. The summed E-state index contributed by atoms with van der Waals surface area (Å²) in [5.41, 5.74) is 0.167. The molecule has 0 aliphatic carbocycles. The lowest BCUT2D eigenvalue weighted by Gasteiger charge is -2.31. The van der Waals surface area contributed by atoms with Crippen molar-refractivity contribution in [1.82, 2.24) is 29.9 Å². The number of Topliss-reactive ketones (excluding diaryl/α,β-unsaturated/α-hetero) is 1. The number of ether oxygens (including phenoxy) is 2. The van der Waals surface area contributed by atoms with Crippen LogP contribution in [0.1, 0.15) is 28.8 Å². The van der Waals surface area contributed by atoms with Crippen LogP contribution in [0.4, 0.5) is 8.78 Å². The standard InChI is InChI=1S/C32H28F2N6O6.ClH/c33-21-2-4-22(5-3-21)40-32(44)23(7-12-36-40)25(42)16-20-1-6-26(24(34)15-20)46-27-8-11-35-30-29(27)31(38-37-30)45-18-19-9-13-39(14-10-19)28(43)17-41;/h1-8,11-12,15,19,41H,9-10,13-14,16-18H2,(H,35,37,38);1H. The van der Waals surface area contributed by atoms with Crippen LogP contribution in [-0.2, 0) is 11.2 Å². The quantitative estimate of drug-likeness (QED) is 0.210. The second-order valence-corrected chi connectivity index (χ2v) is 10.8. The molecule has 12 nitrogen and oxygen atoms in total. The number of nitrogens with zero attached hydrogens (tertiary/aromatic N) is 5. The van der Waals surface area contributed by atoms with E-state index in [2.05, 4.69) is 20.3 Å². The number of hydrogen-bond acceptors (Lipinski definition) is 9. The van der Waals surface area contributed by atoms with Crippen molar-refractivity contribution in [2.45, 2.75) is 19.3 Å². The first kappa shape index (κ1) is 33.2. The number of amides is 1. The smallest absolute Gasteiger partial charge is 0.282 e. The molecule has 2 N–H and O–H groups in total. The van der Waals surface area contributed by atoms with E-state index in [1.54, 1.807) is 11.0 Å². The van der Waals surface area contributed by atoms with Gasteiger partial charge in [0.15, 0.2) is 23.0 Å².